The third kappa shape index (κ3) is 5.45. The molecule has 1 saturated heterocycles. The second-order valence-corrected chi connectivity index (χ2v) is 7.88. The minimum Gasteiger partial charge on any atom is -0.385 e. The van der Waals surface area contributed by atoms with Crippen molar-refractivity contribution in [1.82, 2.24) is 0 Å². The van der Waals surface area contributed by atoms with Crippen molar-refractivity contribution in [2.45, 2.75) is 12.2 Å². The normalized spacial score (nSPS) is 16.0. The summed E-state index contributed by atoms with van der Waals surface area (Å²) in [6.45, 7) is 5.04. The van der Waals surface area contributed by atoms with Crippen LogP contribution in [0.3, 0.4) is 0 Å². The zero-order valence-corrected chi connectivity index (χ0v) is 17.3. The van der Waals surface area contributed by atoms with Gasteiger partial charge in [-0.1, -0.05) is 66.7 Å². The fourth-order valence-electron chi connectivity index (χ4n) is 4.09. The number of benzene rings is 2. The van der Waals surface area contributed by atoms with Crippen LogP contribution in [0.5, 0.6) is 0 Å². The Morgan fingerprint density at radius 1 is 0.867 bits per heavy atom. The Kier molecular flexibility index (Phi) is 7.08. The number of aromatic amines is 1. The van der Waals surface area contributed by atoms with Gasteiger partial charge in [0.15, 0.2) is 0 Å². The summed E-state index contributed by atoms with van der Waals surface area (Å²) in [6.07, 6.45) is 1.32. The molecule has 0 aliphatic carbocycles. The van der Waals surface area contributed by atoms with Crippen molar-refractivity contribution in [2.24, 2.45) is 0 Å². The van der Waals surface area contributed by atoms with Gasteiger partial charge in [0.05, 0.1) is 12.8 Å². The molecular weight excluding hydrogens is 374 g/mol. The Bertz CT molecular complexity index is 829. The number of nitrogens with one attached hydrogen (secondary N) is 2. The van der Waals surface area contributed by atoms with Gasteiger partial charge < -0.3 is 14.7 Å². The van der Waals surface area contributed by atoms with E-state index in [9.17, 15) is 5.11 Å². The van der Waals surface area contributed by atoms with Gasteiger partial charge in [-0.05, 0) is 17.2 Å². The molecule has 1 fully saturated rings. The van der Waals surface area contributed by atoms with E-state index in [1.54, 1.807) is 0 Å². The second kappa shape index (κ2) is 10.3. The fraction of sp³-hybridized carbons (Fsp3) is 0.320. The number of nitrogens with zero attached hydrogens (tertiary/aromatic N) is 1. The summed E-state index contributed by atoms with van der Waals surface area (Å²) in [5.41, 5.74) is 2.21. The summed E-state index contributed by atoms with van der Waals surface area (Å²) in [5.74, 6) is 1.16. The first-order valence-electron chi connectivity index (χ1n) is 10.7. The molecule has 3 aromatic rings. The second-order valence-electron chi connectivity index (χ2n) is 7.88. The number of anilines is 1. The number of quaternary nitrogens is 1. The van der Waals surface area contributed by atoms with Crippen molar-refractivity contribution < 1.29 is 19.7 Å². The van der Waals surface area contributed by atoms with Crippen molar-refractivity contribution in [1.29, 1.82) is 0 Å². The zero-order valence-electron chi connectivity index (χ0n) is 17.3. The van der Waals surface area contributed by atoms with Crippen LogP contribution in [0.15, 0.2) is 85.1 Å². The molecule has 3 N–H and O–H groups in total. The summed E-state index contributed by atoms with van der Waals surface area (Å²) < 4.78 is 6.23. The van der Waals surface area contributed by atoms with Crippen LogP contribution in [0.4, 0.5) is 5.82 Å². The van der Waals surface area contributed by atoms with E-state index in [1.165, 1.54) is 4.90 Å². The van der Waals surface area contributed by atoms with E-state index in [1.807, 2.05) is 48.7 Å². The number of aliphatic hydroxyl groups excluding tert-OH is 1. The monoisotopic (exact) mass is 405 g/mol. The van der Waals surface area contributed by atoms with Gasteiger partial charge in [0, 0.05) is 6.07 Å². The predicted molar refractivity (Wildman–Crippen MR) is 117 cm³/mol. The highest BCUT2D eigenvalue weighted by molar-refractivity contribution is 5.32. The van der Waals surface area contributed by atoms with Crippen LogP contribution in [0.1, 0.15) is 17.2 Å². The summed E-state index contributed by atoms with van der Waals surface area (Å²) in [6, 6.07) is 26.6. The molecule has 1 aliphatic heterocycles. The van der Waals surface area contributed by atoms with Crippen LogP contribution in [0.2, 0.25) is 0 Å². The number of H-pyrrole nitrogens is 1. The first kappa shape index (κ1) is 20.5. The lowest BCUT2D eigenvalue weighted by Gasteiger charge is -2.30. The minimum absolute atomic E-state index is 0.164. The van der Waals surface area contributed by atoms with Gasteiger partial charge in [0.2, 0.25) is 0 Å². The maximum Gasteiger partial charge on any atom is 0.274 e. The van der Waals surface area contributed by atoms with Gasteiger partial charge in [-0.25, -0.2) is 4.98 Å². The Balaban J connectivity index is 1.30. The number of piperazine rings is 1. The summed E-state index contributed by atoms with van der Waals surface area (Å²) in [4.78, 5) is 7.10. The van der Waals surface area contributed by atoms with Crippen molar-refractivity contribution in [2.75, 3.05) is 44.2 Å². The molecule has 0 bridgehead atoms. The zero-order chi connectivity index (χ0) is 20.6. The topological polar surface area (TPSA) is 51.3 Å². The van der Waals surface area contributed by atoms with E-state index < -0.39 is 6.10 Å². The van der Waals surface area contributed by atoms with Crippen LogP contribution >= 0.6 is 0 Å². The number of ether oxygens (including phenoxy) is 1. The minimum atomic E-state index is -0.482. The summed E-state index contributed by atoms with van der Waals surface area (Å²) in [7, 11) is 0. The fourth-order valence-corrected chi connectivity index (χ4v) is 4.09. The maximum atomic E-state index is 10.7. The number of rotatable bonds is 8. The highest BCUT2D eigenvalue weighted by Gasteiger charge is 2.27. The molecule has 0 spiro atoms. The lowest BCUT2D eigenvalue weighted by molar-refractivity contribution is -0.903. The third-order valence-electron chi connectivity index (χ3n) is 5.69. The van der Waals surface area contributed by atoms with E-state index >= 15 is 0 Å². The van der Waals surface area contributed by atoms with E-state index in [2.05, 4.69) is 46.3 Å². The van der Waals surface area contributed by atoms with Crippen LogP contribution in [0, 0.1) is 0 Å². The molecule has 156 valence electrons. The Hall–Kier alpha value is -2.73. The highest BCUT2D eigenvalue weighted by atomic mass is 16.5. The standard InChI is InChI=1S/C25H29N3O2/c29-23(19-27-15-17-28(18-16-27)24-13-7-8-14-26-24)20-30-25(21-9-3-1-4-10-21)22-11-5-2-6-12-22/h1-14,23,25,29H,15-20H2/p+2/t23-/m0/s1. The molecule has 5 nitrogen and oxygen atoms in total. The van der Waals surface area contributed by atoms with Crippen molar-refractivity contribution >= 4 is 5.82 Å². The van der Waals surface area contributed by atoms with E-state index in [4.69, 9.17) is 4.74 Å². The Morgan fingerprint density at radius 2 is 1.47 bits per heavy atom. The Labute approximate surface area is 178 Å². The van der Waals surface area contributed by atoms with Crippen LogP contribution in [-0.2, 0) is 4.74 Å². The molecule has 5 heteroatoms. The lowest BCUT2D eigenvalue weighted by atomic mass is 10.0. The summed E-state index contributed by atoms with van der Waals surface area (Å²) >= 11 is 0. The molecule has 1 atom stereocenters. The quantitative estimate of drug-likeness (QED) is 0.595. The number of hydrogen-bond donors (Lipinski definition) is 2. The van der Waals surface area contributed by atoms with Gasteiger partial charge in [0.1, 0.15) is 44.9 Å². The highest BCUT2D eigenvalue weighted by Crippen LogP contribution is 2.25. The van der Waals surface area contributed by atoms with E-state index in [-0.39, 0.29) is 6.10 Å². The molecule has 2 aromatic carbocycles. The van der Waals surface area contributed by atoms with Crippen LogP contribution < -0.4 is 14.8 Å². The van der Waals surface area contributed by atoms with E-state index in [0.717, 1.165) is 43.1 Å². The van der Waals surface area contributed by atoms with Crippen molar-refractivity contribution in [3.05, 3.63) is 96.2 Å². The van der Waals surface area contributed by atoms with Crippen molar-refractivity contribution in [3.63, 3.8) is 0 Å². The largest absolute Gasteiger partial charge is 0.385 e. The molecule has 0 radical (unpaired) electrons. The Morgan fingerprint density at radius 3 is 2.03 bits per heavy atom. The number of pyridine rings is 1. The predicted octanol–water partition coefficient (Wildman–Crippen LogP) is 1.37. The average Bonchev–Trinajstić information content (AvgIpc) is 2.82. The molecule has 30 heavy (non-hydrogen) atoms. The average molecular weight is 406 g/mol. The van der Waals surface area contributed by atoms with Crippen LogP contribution in [-0.4, -0.2) is 50.5 Å². The molecule has 0 unspecified atom stereocenters. The van der Waals surface area contributed by atoms with Gasteiger partial charge in [-0.2, -0.15) is 0 Å². The first-order valence-corrected chi connectivity index (χ1v) is 10.7. The SMILES string of the molecule is O[C@H](COC(c1ccccc1)c1ccccc1)C[NH+]1CCN(c2cccc[nH+]2)CC1. The molecule has 2 heterocycles. The summed E-state index contributed by atoms with van der Waals surface area (Å²) in [5, 5.41) is 10.7. The van der Waals surface area contributed by atoms with Gasteiger partial charge in [-0.3, -0.25) is 4.90 Å². The molecule has 1 aliphatic rings. The number of hydrogen-bond acceptors (Lipinski definition) is 3. The third-order valence-corrected chi connectivity index (χ3v) is 5.69. The van der Waals surface area contributed by atoms with Crippen LogP contribution in [0.25, 0.3) is 0 Å². The molecular formula is C25H31N3O2+2. The molecule has 0 saturated carbocycles. The smallest absolute Gasteiger partial charge is 0.274 e. The molecule has 0 amide bonds. The van der Waals surface area contributed by atoms with Gasteiger partial charge in [-0.15, -0.1) is 0 Å². The molecule has 4 rings (SSSR count). The number of aromatic nitrogens is 1. The number of aliphatic hydroxyl groups is 1. The van der Waals surface area contributed by atoms with Gasteiger partial charge in [0.25, 0.3) is 5.82 Å². The van der Waals surface area contributed by atoms with E-state index in [0.29, 0.717) is 13.2 Å². The van der Waals surface area contributed by atoms with Gasteiger partial charge >= 0.3 is 0 Å². The lowest BCUT2D eigenvalue weighted by Crippen LogP contribution is -3.16. The maximum absolute atomic E-state index is 10.7. The van der Waals surface area contributed by atoms with Crippen molar-refractivity contribution in [3.8, 4) is 0 Å². The first-order chi connectivity index (χ1) is 14.8. The molecule has 1 aromatic heterocycles.